The van der Waals surface area contributed by atoms with E-state index in [1.807, 2.05) is 11.6 Å². The molecule has 3 N–H and O–H groups in total. The van der Waals surface area contributed by atoms with Crippen molar-refractivity contribution >= 4 is 50.7 Å². The molecule has 2 aliphatic heterocycles. The van der Waals surface area contributed by atoms with E-state index in [0.717, 1.165) is 4.90 Å². The summed E-state index contributed by atoms with van der Waals surface area (Å²) in [5, 5.41) is 5.55. The fraction of sp³-hybridized carbons (Fsp3) is 0.650. The van der Waals surface area contributed by atoms with Gasteiger partial charge in [0.1, 0.15) is 40.9 Å². The summed E-state index contributed by atoms with van der Waals surface area (Å²) in [4.78, 5) is 68.5. The number of amides is 4. The molecule has 0 bridgehead atoms. The quantitative estimate of drug-likeness (QED) is 0.226. The molecule has 4 amide bonds. The molecule has 21 heteroatoms. The van der Waals surface area contributed by atoms with Gasteiger partial charge in [0.2, 0.25) is 39.3 Å². The van der Waals surface area contributed by atoms with E-state index < -0.39 is 92.6 Å². The predicted molar refractivity (Wildman–Crippen MR) is 214 cm³/mol. The second-order valence-electron chi connectivity index (χ2n) is 17.5. The van der Waals surface area contributed by atoms with Crippen LogP contribution in [-0.4, -0.2) is 122 Å². The lowest BCUT2D eigenvalue weighted by atomic mass is 9.88. The van der Waals surface area contributed by atoms with Gasteiger partial charge in [0.05, 0.1) is 24.6 Å². The lowest BCUT2D eigenvalue weighted by molar-refractivity contribution is -0.244. The van der Waals surface area contributed by atoms with E-state index in [2.05, 4.69) is 20.6 Å². The van der Waals surface area contributed by atoms with Crippen molar-refractivity contribution in [2.75, 3.05) is 39.3 Å². The lowest BCUT2D eigenvalue weighted by Crippen LogP contribution is -2.60. The number of hydrogen-bond acceptors (Lipinski definition) is 12. The van der Waals surface area contributed by atoms with Crippen LogP contribution in [0, 0.1) is 17.8 Å². The third kappa shape index (κ3) is 9.30. The number of benzene rings is 1. The van der Waals surface area contributed by atoms with E-state index in [9.17, 15) is 45.2 Å². The molecule has 336 valence electrons. The number of nitrogens with one attached hydrogen (secondary N) is 3. The Morgan fingerprint density at radius 2 is 1.80 bits per heavy atom. The maximum Gasteiger partial charge on any atom is 0.427 e. The number of carbonyl (C=O) groups excluding carboxylic acids is 4. The largest absolute Gasteiger partial charge is 0.497 e. The van der Waals surface area contributed by atoms with Crippen LogP contribution in [0.2, 0.25) is 0 Å². The zero-order chi connectivity index (χ0) is 44.9. The fourth-order valence-electron chi connectivity index (χ4n) is 7.84. The summed E-state index contributed by atoms with van der Waals surface area (Å²) in [5.41, 5.74) is -4.24. The molecular formula is C40H53F4N7O9S. The lowest BCUT2D eigenvalue weighted by Gasteiger charge is -2.34. The molecule has 2 saturated carbocycles. The van der Waals surface area contributed by atoms with Crippen LogP contribution in [0.15, 0.2) is 30.4 Å². The number of anilines is 1. The summed E-state index contributed by atoms with van der Waals surface area (Å²) >= 11 is 0. The number of ether oxygens (including phenoxy) is 3. The number of methoxy groups -OCH3 is 1. The van der Waals surface area contributed by atoms with Gasteiger partial charge in [-0.2, -0.15) is 18.2 Å². The molecule has 1 aromatic heterocycles. The standard InChI is InChI=1S/C40H53F4N7O9S/c1-22-10-8-9-11-24-19-39(24,34(54)49-61(56,57)38(21-41)14-15-38)48-31(52)29-18-26(59-32-27-13-12-25(58-7)17-28(27)45-35(47-32)50(5)6)20-51(29)33(53)30(23(2)16-22)46-36(55)60-37(3,4)40(42,43)44/h9,11-13,17,22-24,26,29-30H,8,10,14-16,18-21H2,1-7H3,(H,46,55)(H,48,52)(H,49,54)/b11-9-/t22-,23+,24+,26+,29-,30-,39+/m0/s1. The van der Waals surface area contributed by atoms with Crippen molar-refractivity contribution in [3.05, 3.63) is 30.4 Å². The minimum Gasteiger partial charge on any atom is -0.497 e. The van der Waals surface area contributed by atoms with Crippen LogP contribution >= 0.6 is 0 Å². The molecule has 61 heavy (non-hydrogen) atoms. The second-order valence-corrected chi connectivity index (χ2v) is 19.5. The van der Waals surface area contributed by atoms with Crippen molar-refractivity contribution in [3.8, 4) is 11.6 Å². The summed E-state index contributed by atoms with van der Waals surface area (Å²) < 4.78 is 98.6. The molecule has 1 aromatic carbocycles. The molecule has 0 spiro atoms. The molecule has 7 atom stereocenters. The van der Waals surface area contributed by atoms with Gasteiger partial charge >= 0.3 is 12.3 Å². The number of allylic oxidation sites excluding steroid dienone is 1. The monoisotopic (exact) mass is 883 g/mol. The first kappa shape index (κ1) is 45.6. The first-order valence-electron chi connectivity index (χ1n) is 20.1. The fourth-order valence-corrected chi connectivity index (χ4v) is 9.27. The van der Waals surface area contributed by atoms with E-state index in [-0.39, 0.29) is 50.0 Å². The third-order valence-corrected chi connectivity index (χ3v) is 14.2. The third-order valence-electron chi connectivity index (χ3n) is 12.1. The normalized spacial score (nSPS) is 28.5. The van der Waals surface area contributed by atoms with Crippen LogP contribution < -0.4 is 29.7 Å². The number of nitrogens with zero attached hydrogens (tertiary/aromatic N) is 4. The summed E-state index contributed by atoms with van der Waals surface area (Å²) in [6.07, 6.45) is -2.66. The highest BCUT2D eigenvalue weighted by molar-refractivity contribution is 7.91. The molecule has 3 heterocycles. The van der Waals surface area contributed by atoms with Crippen molar-refractivity contribution < 1.29 is 59.4 Å². The molecular weight excluding hydrogens is 831 g/mol. The van der Waals surface area contributed by atoms with Gasteiger partial charge in [0.25, 0.3) is 5.91 Å². The molecule has 6 rings (SSSR count). The van der Waals surface area contributed by atoms with Gasteiger partial charge in [0.15, 0.2) is 0 Å². The van der Waals surface area contributed by atoms with E-state index in [1.54, 1.807) is 56.3 Å². The molecule has 2 aromatic rings. The molecule has 2 aliphatic carbocycles. The van der Waals surface area contributed by atoms with Crippen LogP contribution in [0.25, 0.3) is 10.9 Å². The van der Waals surface area contributed by atoms with Crippen molar-refractivity contribution in [2.45, 2.75) is 113 Å². The number of fused-ring (bicyclic) bond motifs is 3. The first-order valence-corrected chi connectivity index (χ1v) is 21.6. The van der Waals surface area contributed by atoms with Crippen molar-refractivity contribution in [1.29, 1.82) is 0 Å². The molecule has 0 radical (unpaired) electrons. The van der Waals surface area contributed by atoms with E-state index in [0.29, 0.717) is 49.8 Å². The summed E-state index contributed by atoms with van der Waals surface area (Å²) in [6.45, 7) is 3.43. The van der Waals surface area contributed by atoms with Crippen molar-refractivity contribution in [2.24, 2.45) is 17.8 Å². The molecule has 0 unspecified atom stereocenters. The number of aromatic nitrogens is 2. The van der Waals surface area contributed by atoms with Crippen LogP contribution in [0.1, 0.15) is 72.6 Å². The summed E-state index contributed by atoms with van der Waals surface area (Å²) in [6, 6.07) is 2.12. The number of alkyl halides is 4. The Bertz CT molecular complexity index is 2190. The molecule has 4 aliphatic rings. The Balaban J connectivity index is 1.38. The van der Waals surface area contributed by atoms with Gasteiger partial charge in [-0.15, -0.1) is 0 Å². The van der Waals surface area contributed by atoms with Gasteiger partial charge in [-0.25, -0.2) is 22.6 Å². The van der Waals surface area contributed by atoms with Crippen LogP contribution in [-0.2, 0) is 29.1 Å². The highest BCUT2D eigenvalue weighted by Crippen LogP contribution is 2.48. The highest BCUT2D eigenvalue weighted by Gasteiger charge is 2.64. The zero-order valence-corrected chi connectivity index (χ0v) is 35.9. The van der Waals surface area contributed by atoms with Gasteiger partial charge in [-0.1, -0.05) is 26.0 Å². The van der Waals surface area contributed by atoms with Crippen LogP contribution in [0.3, 0.4) is 0 Å². The van der Waals surface area contributed by atoms with Crippen molar-refractivity contribution in [3.63, 3.8) is 0 Å². The highest BCUT2D eigenvalue weighted by atomic mass is 32.2. The number of sulfonamides is 1. The molecule has 3 fully saturated rings. The Labute approximate surface area is 351 Å². The van der Waals surface area contributed by atoms with E-state index in [4.69, 9.17) is 14.2 Å². The Morgan fingerprint density at radius 3 is 2.43 bits per heavy atom. The molecule has 16 nitrogen and oxygen atoms in total. The predicted octanol–water partition coefficient (Wildman–Crippen LogP) is 4.32. The first-order chi connectivity index (χ1) is 28.5. The van der Waals surface area contributed by atoms with Crippen LogP contribution in [0.5, 0.6) is 11.6 Å². The Kier molecular flexibility index (Phi) is 12.5. The SMILES string of the molecule is COc1ccc2c(O[C@@H]3C[C@H]4C(=O)N[C@]5(C(=O)NS(=O)(=O)C6(CF)CC6)C[C@H]5/C=C\CC[C@H](C)C[C@@H](C)[C@H](NC(=O)OC(C)(C)C(F)(F)F)C(=O)N4C3)nc(N(C)C)nc2c1. The van der Waals surface area contributed by atoms with Crippen LogP contribution in [0.4, 0.5) is 28.3 Å². The van der Waals surface area contributed by atoms with Gasteiger partial charge < -0.3 is 34.6 Å². The average molecular weight is 884 g/mol. The zero-order valence-electron chi connectivity index (χ0n) is 35.1. The average Bonchev–Trinajstić information content (AvgIpc) is 4.08. The summed E-state index contributed by atoms with van der Waals surface area (Å²) in [7, 11) is 0.453. The number of halogens is 4. The topological polar surface area (TPSA) is 198 Å². The smallest absolute Gasteiger partial charge is 0.427 e. The summed E-state index contributed by atoms with van der Waals surface area (Å²) in [5.74, 6) is -3.31. The van der Waals surface area contributed by atoms with Gasteiger partial charge in [-0.05, 0) is 76.3 Å². The Hall–Kier alpha value is -4.95. The Morgan fingerprint density at radius 1 is 1.10 bits per heavy atom. The van der Waals surface area contributed by atoms with Crippen molar-refractivity contribution in [1.82, 2.24) is 30.2 Å². The minimum absolute atomic E-state index is 0.00110. The maximum atomic E-state index is 14.8. The van der Waals surface area contributed by atoms with E-state index in [1.165, 1.54) is 7.11 Å². The number of carbonyl (C=O) groups is 4. The van der Waals surface area contributed by atoms with Gasteiger partial charge in [-0.3, -0.25) is 19.1 Å². The maximum absolute atomic E-state index is 14.8. The number of alkyl carbamates (subject to hydrolysis) is 1. The number of rotatable bonds is 10. The van der Waals surface area contributed by atoms with E-state index >= 15 is 0 Å². The molecule has 1 saturated heterocycles. The second kappa shape index (κ2) is 16.7. The minimum atomic E-state index is -4.94. The number of hydrogen-bond donors (Lipinski definition) is 3. The van der Waals surface area contributed by atoms with Gasteiger partial charge in [0, 0.05) is 32.5 Å².